The van der Waals surface area contributed by atoms with Gasteiger partial charge in [0.2, 0.25) is 6.67 Å². The maximum atomic E-state index is 13.0. The summed E-state index contributed by atoms with van der Waals surface area (Å²) in [5, 5.41) is 3.25. The van der Waals surface area contributed by atoms with Gasteiger partial charge in [-0.15, -0.1) is 0 Å². The van der Waals surface area contributed by atoms with Gasteiger partial charge in [-0.25, -0.2) is 0 Å². The van der Waals surface area contributed by atoms with Crippen molar-refractivity contribution in [2.24, 2.45) is 4.99 Å². The third kappa shape index (κ3) is 2.38. The van der Waals surface area contributed by atoms with Gasteiger partial charge in [0, 0.05) is 18.0 Å². The zero-order valence-electron chi connectivity index (χ0n) is 9.95. The first-order chi connectivity index (χ1) is 9.22. The van der Waals surface area contributed by atoms with Crippen LogP contribution in [0.3, 0.4) is 0 Å². The predicted octanol–water partition coefficient (Wildman–Crippen LogP) is 1.69. The van der Waals surface area contributed by atoms with Crippen LogP contribution >= 0.6 is 0 Å². The van der Waals surface area contributed by atoms with Gasteiger partial charge in [0.25, 0.3) is 11.7 Å². The number of para-hydroxylation sites is 1. The number of carbonyl (C=O) groups excluding carboxylic acids is 1. The molecule has 1 amide bonds. The topological polar surface area (TPSA) is 50.6 Å². The fourth-order valence-electron chi connectivity index (χ4n) is 1.84. The molecule has 1 aromatic rings. The summed E-state index contributed by atoms with van der Waals surface area (Å²) in [6, 6.07) is 9.11. The first kappa shape index (κ1) is 11.6. The average Bonchev–Trinajstić information content (AvgIpc) is 2.83. The molecule has 0 aromatic heterocycles. The SMILES string of the molecule is O=C(Nc1ccccc1)C1=C[N+]2CN(F)C=CC2=N1. The minimum atomic E-state index is -0.313. The fourth-order valence-corrected chi connectivity index (χ4v) is 1.84. The largest absolute Gasteiger partial charge is 0.320 e. The van der Waals surface area contributed by atoms with Crippen molar-refractivity contribution < 1.29 is 9.28 Å². The number of nitrogens with zero attached hydrogens (tertiary/aromatic N) is 3. The molecular weight excluding hydrogens is 247 g/mol. The minimum Gasteiger partial charge on any atom is -0.320 e. The van der Waals surface area contributed by atoms with E-state index in [2.05, 4.69) is 10.3 Å². The summed E-state index contributed by atoms with van der Waals surface area (Å²) in [6.45, 7) is 0.0391. The quantitative estimate of drug-likeness (QED) is 0.648. The number of amidine groups is 1. The van der Waals surface area contributed by atoms with Crippen molar-refractivity contribution in [2.75, 3.05) is 12.0 Å². The molecule has 1 radical (unpaired) electrons. The van der Waals surface area contributed by atoms with Crippen LogP contribution in [-0.4, -0.2) is 23.5 Å². The Labute approximate surface area is 109 Å². The van der Waals surface area contributed by atoms with Crippen LogP contribution in [0.5, 0.6) is 0 Å². The van der Waals surface area contributed by atoms with Crippen molar-refractivity contribution in [3.8, 4) is 0 Å². The summed E-state index contributed by atoms with van der Waals surface area (Å²) in [5.41, 5.74) is 0.958. The number of amides is 1. The fraction of sp³-hybridized carbons (Fsp3) is 0.0769. The first-order valence-corrected chi connectivity index (χ1v) is 5.76. The molecule has 0 aliphatic carbocycles. The van der Waals surface area contributed by atoms with Gasteiger partial charge in [-0.2, -0.15) is 10.1 Å². The Morgan fingerprint density at radius 2 is 2.16 bits per heavy atom. The molecular formula is C13H11FN4O+. The maximum absolute atomic E-state index is 13.0. The number of rotatable bonds is 2. The van der Waals surface area contributed by atoms with Crippen LogP contribution in [0.2, 0.25) is 0 Å². The molecule has 0 bridgehead atoms. The molecule has 0 spiro atoms. The molecule has 6 heteroatoms. The van der Waals surface area contributed by atoms with E-state index in [0.29, 0.717) is 16.6 Å². The Hall–Kier alpha value is -2.47. The highest BCUT2D eigenvalue weighted by Crippen LogP contribution is 2.17. The van der Waals surface area contributed by atoms with Crippen LogP contribution < -0.4 is 10.2 Å². The standard InChI is InChI=1S/C13H11FN4O/c14-18-7-6-12-16-11(8-17(12)9-18)13(19)15-10-4-2-1-3-5-10/h1-8H,9H2,(H,15,19)/q+1. The predicted molar refractivity (Wildman–Crippen MR) is 69.7 cm³/mol. The summed E-state index contributed by atoms with van der Waals surface area (Å²) < 4.78 is 13.0. The highest BCUT2D eigenvalue weighted by atomic mass is 19.2. The van der Waals surface area contributed by atoms with E-state index in [9.17, 15) is 9.28 Å². The lowest BCUT2D eigenvalue weighted by Gasteiger charge is -2.11. The molecule has 2 aliphatic heterocycles. The van der Waals surface area contributed by atoms with Crippen molar-refractivity contribution in [3.63, 3.8) is 0 Å². The van der Waals surface area contributed by atoms with Crippen LogP contribution in [0.4, 0.5) is 10.2 Å². The number of hydrogen-bond donors (Lipinski definition) is 1. The van der Waals surface area contributed by atoms with Gasteiger partial charge >= 0.3 is 0 Å². The summed E-state index contributed by atoms with van der Waals surface area (Å²) in [6.07, 6.45) is 4.33. The van der Waals surface area contributed by atoms with Gasteiger partial charge in [-0.3, -0.25) is 4.79 Å². The number of benzene rings is 1. The number of fused-ring (bicyclic) bond motifs is 1. The highest BCUT2D eigenvalue weighted by Gasteiger charge is 2.34. The van der Waals surface area contributed by atoms with Gasteiger partial charge in [-0.05, 0) is 12.1 Å². The van der Waals surface area contributed by atoms with Gasteiger partial charge in [0.1, 0.15) is 0 Å². The van der Waals surface area contributed by atoms with E-state index >= 15 is 0 Å². The molecule has 2 aliphatic rings. The Balaban J connectivity index is 1.74. The minimum absolute atomic E-state index is 0.0391. The molecule has 2 heterocycles. The Kier molecular flexibility index (Phi) is 2.85. The average molecular weight is 258 g/mol. The number of halogens is 1. The lowest BCUT2D eigenvalue weighted by molar-refractivity contribution is -0.112. The van der Waals surface area contributed by atoms with E-state index in [1.807, 2.05) is 18.2 Å². The molecule has 5 nitrogen and oxygen atoms in total. The van der Waals surface area contributed by atoms with Crippen molar-refractivity contribution in [1.82, 2.24) is 10.0 Å². The Bertz CT molecular complexity index is 594. The zero-order valence-corrected chi connectivity index (χ0v) is 9.95. The monoisotopic (exact) mass is 258 g/mol. The van der Waals surface area contributed by atoms with Gasteiger partial charge < -0.3 is 5.32 Å². The van der Waals surface area contributed by atoms with E-state index in [-0.39, 0.29) is 18.3 Å². The van der Waals surface area contributed by atoms with Crippen molar-refractivity contribution in [3.05, 3.63) is 54.5 Å². The van der Waals surface area contributed by atoms with E-state index in [0.717, 1.165) is 0 Å². The van der Waals surface area contributed by atoms with Gasteiger partial charge in [0.05, 0.1) is 0 Å². The van der Waals surface area contributed by atoms with Crippen LogP contribution in [0.25, 0.3) is 0 Å². The third-order valence-corrected chi connectivity index (χ3v) is 2.74. The number of carbonyl (C=O) groups is 1. The first-order valence-electron chi connectivity index (χ1n) is 5.76. The van der Waals surface area contributed by atoms with Gasteiger partial charge in [0.15, 0.2) is 11.9 Å². The summed E-state index contributed by atoms with van der Waals surface area (Å²) >= 11 is 0. The van der Waals surface area contributed by atoms with Crippen molar-refractivity contribution >= 4 is 17.4 Å². The maximum Gasteiger partial charge on any atom is 0.285 e. The van der Waals surface area contributed by atoms with Crippen molar-refractivity contribution in [1.29, 1.82) is 0 Å². The Morgan fingerprint density at radius 3 is 2.95 bits per heavy atom. The Morgan fingerprint density at radius 1 is 1.37 bits per heavy atom. The van der Waals surface area contributed by atoms with Crippen LogP contribution in [-0.2, 0) is 4.79 Å². The second kappa shape index (κ2) is 4.66. The van der Waals surface area contributed by atoms with Crippen molar-refractivity contribution in [2.45, 2.75) is 0 Å². The summed E-state index contributed by atoms with van der Waals surface area (Å²) in [7, 11) is 0. The molecule has 19 heavy (non-hydrogen) atoms. The third-order valence-electron chi connectivity index (χ3n) is 2.74. The van der Waals surface area contributed by atoms with Gasteiger partial charge in [-0.1, -0.05) is 27.6 Å². The van der Waals surface area contributed by atoms with Crippen LogP contribution in [0, 0.1) is 0 Å². The molecule has 1 aromatic carbocycles. The molecule has 0 fully saturated rings. The molecule has 0 unspecified atom stereocenters. The number of nitrogens with one attached hydrogen (secondary N) is 1. The van der Waals surface area contributed by atoms with E-state index in [1.54, 1.807) is 17.0 Å². The molecule has 1 N–H and O–H groups in total. The normalized spacial score (nSPS) is 17.8. The molecule has 0 saturated heterocycles. The van der Waals surface area contributed by atoms with E-state index < -0.39 is 0 Å². The second-order valence-electron chi connectivity index (χ2n) is 4.13. The number of hydrogen-bond acceptors (Lipinski definition) is 4. The summed E-state index contributed by atoms with van der Waals surface area (Å²) in [5.74, 6) is 0.249. The van der Waals surface area contributed by atoms with E-state index in [1.165, 1.54) is 18.5 Å². The lowest BCUT2D eigenvalue weighted by Crippen LogP contribution is -2.38. The molecule has 0 saturated carbocycles. The summed E-state index contributed by atoms with van der Waals surface area (Å²) in [4.78, 5) is 17.7. The number of aliphatic imine (C=N–C) groups is 1. The number of anilines is 1. The molecule has 3 rings (SSSR count). The smallest absolute Gasteiger partial charge is 0.285 e. The highest BCUT2D eigenvalue weighted by molar-refractivity contribution is 6.10. The van der Waals surface area contributed by atoms with Crippen LogP contribution in [0.1, 0.15) is 0 Å². The van der Waals surface area contributed by atoms with Crippen LogP contribution in [0.15, 0.2) is 59.5 Å². The lowest BCUT2D eigenvalue weighted by atomic mass is 10.3. The molecule has 0 atom stereocenters. The second-order valence-corrected chi connectivity index (χ2v) is 4.13. The van der Waals surface area contributed by atoms with E-state index in [4.69, 9.17) is 0 Å². The zero-order chi connectivity index (χ0) is 13.2. The molecule has 95 valence electrons.